The highest BCUT2D eigenvalue weighted by molar-refractivity contribution is 7.71. The Hall–Kier alpha value is -1.43. The topological polar surface area (TPSA) is 37.8 Å². The van der Waals surface area contributed by atoms with Crippen LogP contribution in [-0.4, -0.2) is 9.55 Å². The van der Waals surface area contributed by atoms with E-state index in [1.807, 2.05) is 13.0 Å². The predicted octanol–water partition coefficient (Wildman–Crippen LogP) is 4.07. The Bertz CT molecular complexity index is 874. The third kappa shape index (κ3) is 2.14. The molecule has 3 rings (SSSR count). The molecule has 2 aromatic heterocycles. The molecule has 0 aliphatic rings. The first-order valence-corrected chi connectivity index (χ1v) is 7.18. The molecule has 0 bridgehead atoms. The van der Waals surface area contributed by atoms with Gasteiger partial charge >= 0.3 is 0 Å². The molecule has 19 heavy (non-hydrogen) atoms. The van der Waals surface area contributed by atoms with Gasteiger partial charge in [-0.1, -0.05) is 11.6 Å². The highest BCUT2D eigenvalue weighted by atomic mass is 35.5. The lowest BCUT2D eigenvalue weighted by Crippen LogP contribution is -2.19. The molecule has 0 fully saturated rings. The van der Waals surface area contributed by atoms with Crippen molar-refractivity contribution in [3.05, 3.63) is 55.4 Å². The SMILES string of the molecule is Cc1cc2c(=O)n(-c3ccc(Cl)cc3)c(=S)[nH]c2s1. The molecule has 6 heteroatoms. The highest BCUT2D eigenvalue weighted by Crippen LogP contribution is 2.21. The van der Waals surface area contributed by atoms with Crippen molar-refractivity contribution in [2.45, 2.75) is 6.92 Å². The second kappa shape index (κ2) is 4.59. The Morgan fingerprint density at radius 2 is 2.00 bits per heavy atom. The number of thiophene rings is 1. The Morgan fingerprint density at radius 3 is 2.68 bits per heavy atom. The van der Waals surface area contributed by atoms with E-state index in [1.54, 1.807) is 24.3 Å². The van der Waals surface area contributed by atoms with Gasteiger partial charge in [-0.3, -0.25) is 9.36 Å². The summed E-state index contributed by atoms with van der Waals surface area (Å²) in [6.45, 7) is 1.97. The van der Waals surface area contributed by atoms with Crippen molar-refractivity contribution in [3.63, 3.8) is 0 Å². The molecular weight excluding hydrogens is 300 g/mol. The summed E-state index contributed by atoms with van der Waals surface area (Å²) < 4.78 is 1.88. The molecule has 3 aromatic rings. The first-order chi connectivity index (χ1) is 9.06. The average Bonchev–Trinajstić information content (AvgIpc) is 2.72. The molecule has 0 spiro atoms. The molecule has 0 radical (unpaired) electrons. The van der Waals surface area contributed by atoms with Crippen LogP contribution in [0, 0.1) is 11.7 Å². The van der Waals surface area contributed by atoms with Crippen LogP contribution in [0.2, 0.25) is 5.02 Å². The number of aromatic amines is 1. The summed E-state index contributed by atoms with van der Waals surface area (Å²) in [5.41, 5.74) is 0.604. The highest BCUT2D eigenvalue weighted by Gasteiger charge is 2.09. The third-order valence-electron chi connectivity index (χ3n) is 2.80. The third-order valence-corrected chi connectivity index (χ3v) is 4.30. The molecule has 0 saturated carbocycles. The molecule has 0 unspecified atom stereocenters. The Labute approximate surface area is 123 Å². The van der Waals surface area contributed by atoms with Crippen LogP contribution >= 0.6 is 35.2 Å². The molecule has 0 amide bonds. The second-order valence-electron chi connectivity index (χ2n) is 4.15. The van der Waals surface area contributed by atoms with Gasteiger partial charge in [0.25, 0.3) is 5.56 Å². The lowest BCUT2D eigenvalue weighted by atomic mass is 10.3. The minimum absolute atomic E-state index is 0.106. The van der Waals surface area contributed by atoms with E-state index in [0.29, 0.717) is 20.9 Å². The van der Waals surface area contributed by atoms with Gasteiger partial charge in [-0.15, -0.1) is 11.3 Å². The van der Waals surface area contributed by atoms with Crippen molar-refractivity contribution in [2.24, 2.45) is 0 Å². The summed E-state index contributed by atoms with van der Waals surface area (Å²) >= 11 is 12.7. The van der Waals surface area contributed by atoms with Gasteiger partial charge in [-0.25, -0.2) is 0 Å². The van der Waals surface area contributed by atoms with E-state index in [0.717, 1.165) is 9.71 Å². The maximum absolute atomic E-state index is 12.5. The summed E-state index contributed by atoms with van der Waals surface area (Å²) in [5, 5.41) is 1.28. The van der Waals surface area contributed by atoms with Gasteiger partial charge in [0, 0.05) is 9.90 Å². The minimum Gasteiger partial charge on any atom is -0.323 e. The fourth-order valence-electron chi connectivity index (χ4n) is 1.96. The normalized spacial score (nSPS) is 11.1. The van der Waals surface area contributed by atoms with Crippen molar-refractivity contribution < 1.29 is 0 Å². The van der Waals surface area contributed by atoms with Crippen molar-refractivity contribution in [1.82, 2.24) is 9.55 Å². The number of rotatable bonds is 1. The number of halogens is 1. The summed E-state index contributed by atoms with van der Waals surface area (Å²) in [5.74, 6) is 0. The molecule has 1 N–H and O–H groups in total. The first-order valence-electron chi connectivity index (χ1n) is 5.58. The zero-order valence-electron chi connectivity index (χ0n) is 9.94. The first kappa shape index (κ1) is 12.6. The van der Waals surface area contributed by atoms with E-state index in [4.69, 9.17) is 23.8 Å². The average molecular weight is 309 g/mol. The Balaban J connectivity index is 2.38. The zero-order valence-corrected chi connectivity index (χ0v) is 12.3. The summed E-state index contributed by atoms with van der Waals surface area (Å²) in [6, 6.07) is 8.90. The minimum atomic E-state index is -0.106. The van der Waals surface area contributed by atoms with E-state index in [-0.39, 0.29) is 5.56 Å². The van der Waals surface area contributed by atoms with Crippen molar-refractivity contribution in [3.8, 4) is 5.69 Å². The molecule has 0 aliphatic heterocycles. The molecule has 96 valence electrons. The van der Waals surface area contributed by atoms with Gasteiger partial charge in [0.05, 0.1) is 11.1 Å². The number of H-pyrrole nitrogens is 1. The number of aromatic nitrogens is 2. The van der Waals surface area contributed by atoms with E-state index in [9.17, 15) is 4.79 Å². The summed E-state index contributed by atoms with van der Waals surface area (Å²) in [4.78, 5) is 17.5. The largest absolute Gasteiger partial charge is 0.323 e. The van der Waals surface area contributed by atoms with Crippen LogP contribution in [0.1, 0.15) is 4.88 Å². The monoisotopic (exact) mass is 308 g/mol. The van der Waals surface area contributed by atoms with Gasteiger partial charge in [-0.05, 0) is 49.5 Å². The van der Waals surface area contributed by atoms with E-state index < -0.39 is 0 Å². The molecule has 0 saturated heterocycles. The number of hydrogen-bond acceptors (Lipinski definition) is 3. The maximum Gasteiger partial charge on any atom is 0.267 e. The molecule has 0 atom stereocenters. The number of nitrogens with zero attached hydrogens (tertiary/aromatic N) is 1. The summed E-state index contributed by atoms with van der Waals surface area (Å²) in [6.07, 6.45) is 0. The van der Waals surface area contributed by atoms with Gasteiger partial charge in [0.1, 0.15) is 4.83 Å². The fourth-order valence-corrected chi connectivity index (χ4v) is 3.34. The lowest BCUT2D eigenvalue weighted by molar-refractivity contribution is 0.943. The van der Waals surface area contributed by atoms with Crippen LogP contribution in [0.4, 0.5) is 0 Å². The van der Waals surface area contributed by atoms with Crippen LogP contribution in [0.25, 0.3) is 15.9 Å². The zero-order chi connectivity index (χ0) is 13.6. The second-order valence-corrected chi connectivity index (χ2v) is 6.23. The van der Waals surface area contributed by atoms with Crippen LogP contribution in [0.3, 0.4) is 0 Å². The molecular formula is C13H9ClN2OS2. The number of aryl methyl sites for hydroxylation is 1. The number of fused-ring (bicyclic) bond motifs is 1. The molecule has 2 heterocycles. The van der Waals surface area contributed by atoms with E-state index in [1.165, 1.54) is 15.9 Å². The Morgan fingerprint density at radius 1 is 1.32 bits per heavy atom. The quantitative estimate of drug-likeness (QED) is 0.688. The summed E-state index contributed by atoms with van der Waals surface area (Å²) in [7, 11) is 0. The lowest BCUT2D eigenvalue weighted by Gasteiger charge is -2.06. The van der Waals surface area contributed by atoms with Crippen LogP contribution in [0.5, 0.6) is 0 Å². The van der Waals surface area contributed by atoms with Crippen LogP contribution < -0.4 is 5.56 Å². The standard InChI is InChI=1S/C13H9ClN2OS2/c1-7-6-10-11(19-7)15-13(18)16(12(10)17)9-4-2-8(14)3-5-9/h2-6H,1H3,(H,15,18). The van der Waals surface area contributed by atoms with Crippen LogP contribution in [0.15, 0.2) is 35.1 Å². The van der Waals surface area contributed by atoms with Gasteiger partial charge < -0.3 is 4.98 Å². The maximum atomic E-state index is 12.5. The number of benzene rings is 1. The van der Waals surface area contributed by atoms with Gasteiger partial charge in [-0.2, -0.15) is 0 Å². The smallest absolute Gasteiger partial charge is 0.267 e. The van der Waals surface area contributed by atoms with Crippen molar-refractivity contribution >= 4 is 45.4 Å². The van der Waals surface area contributed by atoms with Crippen molar-refractivity contribution in [1.29, 1.82) is 0 Å². The van der Waals surface area contributed by atoms with Gasteiger partial charge in [0.15, 0.2) is 4.77 Å². The van der Waals surface area contributed by atoms with E-state index in [2.05, 4.69) is 4.98 Å². The number of nitrogens with one attached hydrogen (secondary N) is 1. The Kier molecular flexibility index (Phi) is 3.05. The number of hydrogen-bond donors (Lipinski definition) is 1. The van der Waals surface area contributed by atoms with E-state index >= 15 is 0 Å². The molecule has 3 nitrogen and oxygen atoms in total. The fraction of sp³-hybridized carbons (Fsp3) is 0.0769. The van der Waals surface area contributed by atoms with Crippen LogP contribution in [-0.2, 0) is 0 Å². The predicted molar refractivity (Wildman–Crippen MR) is 82.4 cm³/mol. The van der Waals surface area contributed by atoms with Crippen molar-refractivity contribution in [2.75, 3.05) is 0 Å². The molecule has 0 aliphatic carbocycles. The van der Waals surface area contributed by atoms with Gasteiger partial charge in [0.2, 0.25) is 0 Å². The molecule has 1 aromatic carbocycles.